The molecule has 0 radical (unpaired) electrons. The molecule has 6 nitrogen and oxygen atoms in total. The molecule has 2 N–H and O–H groups in total. The van der Waals surface area contributed by atoms with Crippen molar-refractivity contribution in [1.29, 1.82) is 0 Å². The summed E-state index contributed by atoms with van der Waals surface area (Å²) in [6.07, 6.45) is 3.69. The van der Waals surface area contributed by atoms with Crippen LogP contribution in [0.25, 0.3) is 0 Å². The minimum atomic E-state index is -0.824. The highest BCUT2D eigenvalue weighted by molar-refractivity contribution is 9.10. The predicted molar refractivity (Wildman–Crippen MR) is 155 cm³/mol. The minimum absolute atomic E-state index is 0.0812. The van der Waals surface area contributed by atoms with Crippen molar-refractivity contribution in [2.75, 3.05) is 13.2 Å². The van der Waals surface area contributed by atoms with Crippen molar-refractivity contribution < 1.29 is 19.5 Å². The van der Waals surface area contributed by atoms with Gasteiger partial charge in [0, 0.05) is 32.9 Å². The van der Waals surface area contributed by atoms with Crippen LogP contribution in [-0.4, -0.2) is 35.8 Å². The lowest BCUT2D eigenvalue weighted by atomic mass is 9.49. The third-order valence-electron chi connectivity index (χ3n) is 8.17. The molecule has 0 unspecified atom stereocenters. The number of hydrogen-bond donors (Lipinski definition) is 2. The second-order valence-electron chi connectivity index (χ2n) is 10.9. The van der Waals surface area contributed by atoms with Crippen molar-refractivity contribution in [3.05, 3.63) is 54.1 Å². The molecule has 4 rings (SSSR count). The molecule has 0 spiro atoms. The SMILES string of the molecule is CC(C)c1cc2c(cc1Br)[C@@]1(C)CCC[C@@](C)(C(=O)O)[C@@H]1C/C2=N\OCCCNC(=O)c1cc(Br)cs1. The molecule has 37 heavy (non-hydrogen) atoms. The third-order valence-corrected chi connectivity index (χ3v) is 10.5. The van der Waals surface area contributed by atoms with Crippen LogP contribution in [0.1, 0.15) is 92.1 Å². The molecule has 1 aromatic heterocycles. The van der Waals surface area contributed by atoms with E-state index < -0.39 is 11.4 Å². The summed E-state index contributed by atoms with van der Waals surface area (Å²) in [6, 6.07) is 6.20. The molecule has 2 aliphatic rings. The maximum Gasteiger partial charge on any atom is 0.309 e. The Morgan fingerprint density at radius 1 is 1.24 bits per heavy atom. The maximum absolute atomic E-state index is 12.5. The van der Waals surface area contributed by atoms with Gasteiger partial charge in [0.15, 0.2) is 0 Å². The molecular weight excluding hydrogens is 620 g/mol. The highest BCUT2D eigenvalue weighted by atomic mass is 79.9. The molecule has 0 saturated heterocycles. The van der Waals surface area contributed by atoms with Gasteiger partial charge < -0.3 is 15.3 Å². The Kier molecular flexibility index (Phi) is 8.56. The standard InChI is InChI=1S/C28H34Br2N2O4S/c1-16(2)18-12-19-20(13-21(18)30)27(3)7-5-8-28(4,26(34)35)24(27)14-22(19)32-36-10-6-9-31-25(33)23-11-17(29)15-37-23/h11-13,15-16,24H,5-10,14H2,1-4H3,(H,31,33)(H,34,35)/b32-22+/t24-,27-,28-/m1/s1. The number of thiophene rings is 1. The van der Waals surface area contributed by atoms with E-state index >= 15 is 0 Å². The first kappa shape index (κ1) is 28.3. The molecule has 2 aliphatic carbocycles. The summed E-state index contributed by atoms with van der Waals surface area (Å²) >= 11 is 8.54. The summed E-state index contributed by atoms with van der Waals surface area (Å²) < 4.78 is 1.95. The molecule has 0 bridgehead atoms. The van der Waals surface area contributed by atoms with Crippen LogP contribution in [0.15, 0.2) is 37.7 Å². The number of nitrogens with zero attached hydrogens (tertiary/aromatic N) is 1. The van der Waals surface area contributed by atoms with Crippen molar-refractivity contribution in [3.8, 4) is 0 Å². The Labute approximate surface area is 239 Å². The molecule has 0 aliphatic heterocycles. The van der Waals surface area contributed by atoms with Gasteiger partial charge in [0.25, 0.3) is 5.91 Å². The molecule has 3 atom stereocenters. The van der Waals surface area contributed by atoms with Crippen LogP contribution < -0.4 is 5.32 Å². The first-order chi connectivity index (χ1) is 17.5. The zero-order valence-corrected chi connectivity index (χ0v) is 25.7. The van der Waals surface area contributed by atoms with E-state index in [2.05, 4.69) is 75.2 Å². The van der Waals surface area contributed by atoms with Crippen molar-refractivity contribution in [2.45, 2.75) is 71.1 Å². The normalized spacial score (nSPS) is 26.0. The lowest BCUT2D eigenvalue weighted by Crippen LogP contribution is -2.53. The molecule has 1 aromatic carbocycles. The highest BCUT2D eigenvalue weighted by Gasteiger charge is 2.56. The van der Waals surface area contributed by atoms with Crippen LogP contribution in [-0.2, 0) is 15.0 Å². The number of halogens is 2. The van der Waals surface area contributed by atoms with E-state index in [1.165, 1.54) is 16.9 Å². The number of oxime groups is 1. The Morgan fingerprint density at radius 2 is 2.00 bits per heavy atom. The van der Waals surface area contributed by atoms with E-state index in [1.807, 2.05) is 12.3 Å². The van der Waals surface area contributed by atoms with Gasteiger partial charge in [0.05, 0.1) is 16.0 Å². The number of hydrogen-bond acceptors (Lipinski definition) is 5. The molecule has 9 heteroatoms. The summed E-state index contributed by atoms with van der Waals surface area (Å²) in [6.45, 7) is 9.30. The van der Waals surface area contributed by atoms with Gasteiger partial charge in [0.1, 0.15) is 6.61 Å². The van der Waals surface area contributed by atoms with Crippen LogP contribution in [0.2, 0.25) is 0 Å². The Morgan fingerprint density at radius 3 is 2.65 bits per heavy atom. The number of carbonyl (C=O) groups excluding carboxylic acids is 1. The fourth-order valence-electron chi connectivity index (χ4n) is 6.02. The number of amides is 1. The van der Waals surface area contributed by atoms with Crippen molar-refractivity contribution in [1.82, 2.24) is 5.32 Å². The van der Waals surface area contributed by atoms with Crippen LogP contribution in [0, 0.1) is 11.3 Å². The summed E-state index contributed by atoms with van der Waals surface area (Å²) in [5.74, 6) is -0.587. The van der Waals surface area contributed by atoms with Gasteiger partial charge in [-0.3, -0.25) is 9.59 Å². The number of carbonyl (C=O) groups is 2. The molecule has 1 saturated carbocycles. The van der Waals surface area contributed by atoms with Gasteiger partial charge in [-0.2, -0.15) is 0 Å². The van der Waals surface area contributed by atoms with E-state index in [1.54, 1.807) is 6.07 Å². The smallest absolute Gasteiger partial charge is 0.309 e. The lowest BCUT2D eigenvalue weighted by molar-refractivity contribution is -0.156. The molecule has 1 fully saturated rings. The van der Waals surface area contributed by atoms with Crippen LogP contribution in [0.5, 0.6) is 0 Å². The van der Waals surface area contributed by atoms with Crippen LogP contribution in [0.3, 0.4) is 0 Å². The average molecular weight is 654 g/mol. The van der Waals surface area contributed by atoms with E-state index in [4.69, 9.17) is 4.84 Å². The van der Waals surface area contributed by atoms with Gasteiger partial charge >= 0.3 is 5.97 Å². The monoisotopic (exact) mass is 652 g/mol. The summed E-state index contributed by atoms with van der Waals surface area (Å²) in [5.41, 5.74) is 3.16. The van der Waals surface area contributed by atoms with Gasteiger partial charge in [-0.25, -0.2) is 0 Å². The second-order valence-corrected chi connectivity index (χ2v) is 13.6. The van der Waals surface area contributed by atoms with E-state index in [-0.39, 0.29) is 17.2 Å². The number of carboxylic acid groups (broad SMARTS) is 1. The number of nitrogens with one attached hydrogen (secondary N) is 1. The summed E-state index contributed by atoms with van der Waals surface area (Å²) in [4.78, 5) is 31.1. The average Bonchev–Trinajstić information content (AvgIpc) is 3.28. The number of fused-ring (bicyclic) bond motifs is 3. The number of carboxylic acids is 1. The maximum atomic E-state index is 12.5. The Balaban J connectivity index is 1.55. The second kappa shape index (κ2) is 11.2. The fourth-order valence-corrected chi connectivity index (χ4v) is 8.16. The van der Waals surface area contributed by atoms with Crippen LogP contribution >= 0.6 is 43.2 Å². The summed E-state index contributed by atoms with van der Waals surface area (Å²) in [5, 5.41) is 19.6. The molecule has 2 aromatic rings. The largest absolute Gasteiger partial charge is 0.481 e. The van der Waals surface area contributed by atoms with Crippen molar-refractivity contribution in [2.24, 2.45) is 16.5 Å². The zero-order valence-electron chi connectivity index (χ0n) is 21.7. The number of aliphatic carboxylic acids is 1. The van der Waals surface area contributed by atoms with E-state index in [0.29, 0.717) is 43.2 Å². The first-order valence-electron chi connectivity index (χ1n) is 12.8. The quantitative estimate of drug-likeness (QED) is 0.228. The molecule has 1 amide bonds. The topological polar surface area (TPSA) is 88.0 Å². The Bertz CT molecular complexity index is 1230. The summed E-state index contributed by atoms with van der Waals surface area (Å²) in [7, 11) is 0. The van der Waals surface area contributed by atoms with Gasteiger partial charge in [0.2, 0.25) is 0 Å². The third kappa shape index (κ3) is 5.55. The van der Waals surface area contributed by atoms with Crippen molar-refractivity contribution >= 4 is 60.8 Å². The minimum Gasteiger partial charge on any atom is -0.481 e. The fraction of sp³-hybridized carbons (Fsp3) is 0.536. The first-order valence-corrected chi connectivity index (χ1v) is 15.2. The molecule has 1 heterocycles. The number of benzene rings is 1. The lowest BCUT2D eigenvalue weighted by Gasteiger charge is -2.53. The zero-order chi connectivity index (χ0) is 27.0. The van der Waals surface area contributed by atoms with Crippen LogP contribution in [0.4, 0.5) is 0 Å². The Hall–Kier alpha value is -1.71. The number of rotatable bonds is 8. The van der Waals surface area contributed by atoms with Crippen molar-refractivity contribution in [3.63, 3.8) is 0 Å². The van der Waals surface area contributed by atoms with E-state index in [0.717, 1.165) is 38.6 Å². The predicted octanol–water partition coefficient (Wildman–Crippen LogP) is 7.49. The van der Waals surface area contributed by atoms with E-state index in [9.17, 15) is 14.7 Å². The van der Waals surface area contributed by atoms with Gasteiger partial charge in [-0.1, -0.05) is 48.3 Å². The molecule has 200 valence electrons. The van der Waals surface area contributed by atoms with Gasteiger partial charge in [-0.15, -0.1) is 11.3 Å². The van der Waals surface area contributed by atoms with Gasteiger partial charge in [-0.05, 0) is 88.7 Å². The highest BCUT2D eigenvalue weighted by Crippen LogP contribution is 2.58. The molecular formula is C28H34Br2N2O4S.